The van der Waals surface area contributed by atoms with Crippen molar-refractivity contribution in [1.29, 1.82) is 0 Å². The van der Waals surface area contributed by atoms with Crippen LogP contribution < -0.4 is 15.4 Å². The Bertz CT molecular complexity index is 721. The van der Waals surface area contributed by atoms with Crippen molar-refractivity contribution >= 4 is 23.3 Å². The van der Waals surface area contributed by atoms with Crippen LogP contribution in [-0.4, -0.2) is 12.8 Å². The fourth-order valence-electron chi connectivity index (χ4n) is 2.53. The summed E-state index contributed by atoms with van der Waals surface area (Å²) in [6.45, 7) is 7.97. The van der Waals surface area contributed by atoms with Crippen LogP contribution in [0.5, 0.6) is 5.75 Å². The number of amides is 2. The number of nitrogens with one attached hydrogen (secondary N) is 2. The Hall–Kier alpha value is -2.20. The quantitative estimate of drug-likeness (QED) is 0.749. The molecule has 2 N–H and O–H groups in total. The van der Waals surface area contributed by atoms with Gasteiger partial charge in [0.05, 0.1) is 0 Å². The van der Waals surface area contributed by atoms with Gasteiger partial charge in [-0.25, -0.2) is 4.79 Å². The zero-order valence-electron chi connectivity index (χ0n) is 14.5. The van der Waals surface area contributed by atoms with Crippen molar-refractivity contribution in [3.63, 3.8) is 0 Å². The first-order valence-corrected chi connectivity index (χ1v) is 8.33. The highest BCUT2D eigenvalue weighted by atomic mass is 35.5. The Kier molecular flexibility index (Phi) is 6.10. The zero-order chi connectivity index (χ0) is 17.7. The molecule has 4 nitrogen and oxygen atoms in total. The van der Waals surface area contributed by atoms with E-state index in [1.54, 1.807) is 0 Å². The number of rotatable bonds is 5. The first kappa shape index (κ1) is 18.1. The minimum Gasteiger partial charge on any atom is -0.473 e. The molecule has 2 amide bonds. The van der Waals surface area contributed by atoms with Crippen LogP contribution in [0.2, 0.25) is 5.02 Å². The van der Waals surface area contributed by atoms with Gasteiger partial charge in [-0.2, -0.15) is 0 Å². The molecule has 2 aromatic rings. The van der Waals surface area contributed by atoms with E-state index >= 15 is 0 Å². The van der Waals surface area contributed by atoms with E-state index < -0.39 is 0 Å². The first-order valence-electron chi connectivity index (χ1n) is 7.95. The van der Waals surface area contributed by atoms with E-state index in [0.717, 1.165) is 39.4 Å². The van der Waals surface area contributed by atoms with E-state index in [4.69, 9.17) is 16.3 Å². The standard InChI is InChI=1S/C19H23ClN2O2/c1-5-15-8-6-7-12(2)18(15)22-19(23)21-11-24-16-9-13(3)17(20)14(4)10-16/h6-10H,5,11H2,1-4H3,(H2,21,22,23). The number of hydrogen-bond donors (Lipinski definition) is 2. The van der Waals surface area contributed by atoms with E-state index in [0.29, 0.717) is 5.75 Å². The fraction of sp³-hybridized carbons (Fsp3) is 0.316. The minimum atomic E-state index is -0.290. The average Bonchev–Trinajstić information content (AvgIpc) is 2.54. The molecule has 0 saturated carbocycles. The van der Waals surface area contributed by atoms with E-state index in [1.165, 1.54) is 0 Å². The van der Waals surface area contributed by atoms with Gasteiger partial charge in [0.1, 0.15) is 5.75 Å². The summed E-state index contributed by atoms with van der Waals surface area (Å²) in [6, 6.07) is 9.40. The van der Waals surface area contributed by atoms with Gasteiger partial charge < -0.3 is 15.4 Å². The van der Waals surface area contributed by atoms with Gasteiger partial charge in [0.15, 0.2) is 6.73 Å². The van der Waals surface area contributed by atoms with Gasteiger partial charge in [0, 0.05) is 10.7 Å². The van der Waals surface area contributed by atoms with Crippen molar-refractivity contribution in [3.8, 4) is 5.75 Å². The van der Waals surface area contributed by atoms with Crippen LogP contribution in [0.15, 0.2) is 30.3 Å². The summed E-state index contributed by atoms with van der Waals surface area (Å²) in [5, 5.41) is 6.34. The molecule has 0 atom stereocenters. The summed E-state index contributed by atoms with van der Waals surface area (Å²) in [4.78, 5) is 12.1. The minimum absolute atomic E-state index is 0.0830. The van der Waals surface area contributed by atoms with Gasteiger partial charge in [0.25, 0.3) is 0 Å². The van der Waals surface area contributed by atoms with Gasteiger partial charge >= 0.3 is 6.03 Å². The van der Waals surface area contributed by atoms with E-state index in [1.807, 2.05) is 51.1 Å². The third-order valence-electron chi connectivity index (χ3n) is 3.86. The molecule has 0 heterocycles. The topological polar surface area (TPSA) is 50.4 Å². The van der Waals surface area contributed by atoms with Crippen LogP contribution in [0.3, 0.4) is 0 Å². The van der Waals surface area contributed by atoms with Crippen molar-refractivity contribution in [2.24, 2.45) is 0 Å². The molecule has 0 spiro atoms. The molecule has 0 fully saturated rings. The molecule has 0 aliphatic carbocycles. The number of benzene rings is 2. The molecule has 0 aliphatic rings. The maximum atomic E-state index is 12.1. The highest BCUT2D eigenvalue weighted by molar-refractivity contribution is 6.32. The van der Waals surface area contributed by atoms with E-state index in [2.05, 4.69) is 17.6 Å². The zero-order valence-corrected chi connectivity index (χ0v) is 15.3. The molecule has 2 aromatic carbocycles. The van der Waals surface area contributed by atoms with Gasteiger partial charge in [0.2, 0.25) is 0 Å². The number of halogens is 1. The maximum absolute atomic E-state index is 12.1. The van der Waals surface area contributed by atoms with E-state index in [-0.39, 0.29) is 12.8 Å². The second kappa shape index (κ2) is 8.06. The maximum Gasteiger partial charge on any atom is 0.321 e. The van der Waals surface area contributed by atoms with Crippen LogP contribution >= 0.6 is 11.6 Å². The van der Waals surface area contributed by atoms with Crippen LogP contribution in [0, 0.1) is 20.8 Å². The number of carbonyl (C=O) groups is 1. The third-order valence-corrected chi connectivity index (χ3v) is 4.46. The predicted molar refractivity (Wildman–Crippen MR) is 99.1 cm³/mol. The number of aryl methyl sites for hydroxylation is 4. The Morgan fingerprint density at radius 2 is 1.79 bits per heavy atom. The van der Waals surface area contributed by atoms with Crippen LogP contribution in [0.1, 0.15) is 29.2 Å². The molecule has 24 heavy (non-hydrogen) atoms. The summed E-state index contributed by atoms with van der Waals surface area (Å²) in [5.41, 5.74) is 4.90. The molecular weight excluding hydrogens is 324 g/mol. The lowest BCUT2D eigenvalue weighted by atomic mass is 10.1. The predicted octanol–water partition coefficient (Wildman–Crippen LogP) is 4.99. The lowest BCUT2D eigenvalue weighted by molar-refractivity contribution is 0.234. The molecular formula is C19H23ClN2O2. The van der Waals surface area contributed by atoms with Gasteiger partial charge in [-0.05, 0) is 61.6 Å². The molecule has 128 valence electrons. The summed E-state index contributed by atoms with van der Waals surface area (Å²) >= 11 is 6.13. The normalized spacial score (nSPS) is 10.4. The van der Waals surface area contributed by atoms with Crippen LogP contribution in [0.4, 0.5) is 10.5 Å². The molecule has 0 bridgehead atoms. The number of para-hydroxylation sites is 1. The second-order valence-corrected chi connectivity index (χ2v) is 6.13. The lowest BCUT2D eigenvalue weighted by Crippen LogP contribution is -2.32. The summed E-state index contributed by atoms with van der Waals surface area (Å²) in [6.07, 6.45) is 0.858. The number of urea groups is 1. The largest absolute Gasteiger partial charge is 0.473 e. The van der Waals surface area contributed by atoms with Crippen molar-refractivity contribution < 1.29 is 9.53 Å². The Labute approximate surface area is 148 Å². The smallest absolute Gasteiger partial charge is 0.321 e. The highest BCUT2D eigenvalue weighted by Crippen LogP contribution is 2.25. The summed E-state index contributed by atoms with van der Waals surface area (Å²) in [5.74, 6) is 0.680. The number of carbonyl (C=O) groups excluding carboxylic acids is 1. The molecule has 0 unspecified atom stereocenters. The highest BCUT2D eigenvalue weighted by Gasteiger charge is 2.08. The van der Waals surface area contributed by atoms with Gasteiger partial charge in [-0.15, -0.1) is 0 Å². The molecule has 0 aliphatic heterocycles. The number of ether oxygens (including phenoxy) is 1. The first-order chi connectivity index (χ1) is 11.4. The van der Waals surface area contributed by atoms with Crippen molar-refractivity contribution in [3.05, 3.63) is 57.6 Å². The molecule has 0 radical (unpaired) electrons. The molecule has 0 aromatic heterocycles. The monoisotopic (exact) mass is 346 g/mol. The molecule has 0 saturated heterocycles. The fourth-order valence-corrected chi connectivity index (χ4v) is 2.64. The molecule has 2 rings (SSSR count). The average molecular weight is 347 g/mol. The van der Waals surface area contributed by atoms with E-state index in [9.17, 15) is 4.79 Å². The number of hydrogen-bond acceptors (Lipinski definition) is 2. The SMILES string of the molecule is CCc1cccc(C)c1NC(=O)NCOc1cc(C)c(Cl)c(C)c1. The van der Waals surface area contributed by atoms with Crippen molar-refractivity contribution in [2.45, 2.75) is 34.1 Å². The lowest BCUT2D eigenvalue weighted by Gasteiger charge is -2.14. The second-order valence-electron chi connectivity index (χ2n) is 5.75. The van der Waals surface area contributed by atoms with Crippen molar-refractivity contribution in [1.82, 2.24) is 5.32 Å². The summed E-state index contributed by atoms with van der Waals surface area (Å²) in [7, 11) is 0. The Balaban J connectivity index is 1.93. The molecule has 5 heteroatoms. The Morgan fingerprint density at radius 3 is 2.42 bits per heavy atom. The number of anilines is 1. The third kappa shape index (κ3) is 4.42. The van der Waals surface area contributed by atoms with Crippen LogP contribution in [0.25, 0.3) is 0 Å². The van der Waals surface area contributed by atoms with Crippen LogP contribution in [-0.2, 0) is 6.42 Å². The Morgan fingerprint density at radius 1 is 1.12 bits per heavy atom. The van der Waals surface area contributed by atoms with Gasteiger partial charge in [-0.3, -0.25) is 0 Å². The van der Waals surface area contributed by atoms with Gasteiger partial charge in [-0.1, -0.05) is 36.7 Å². The summed E-state index contributed by atoms with van der Waals surface area (Å²) < 4.78 is 5.59. The van der Waals surface area contributed by atoms with Crippen molar-refractivity contribution in [2.75, 3.05) is 12.0 Å².